The van der Waals surface area contributed by atoms with Crippen LogP contribution in [0, 0.1) is 0 Å². The summed E-state index contributed by atoms with van der Waals surface area (Å²) >= 11 is 0. The maximum absolute atomic E-state index is 11.4. The molecule has 0 radical (unpaired) electrons. The van der Waals surface area contributed by atoms with E-state index in [1.807, 2.05) is 24.3 Å². The Kier molecular flexibility index (Phi) is 7.87. The van der Waals surface area contributed by atoms with E-state index < -0.39 is 9.84 Å². The summed E-state index contributed by atoms with van der Waals surface area (Å²) in [5.74, 6) is 1.02. The van der Waals surface area contributed by atoms with Gasteiger partial charge in [0.25, 0.3) is 0 Å². The first-order valence-corrected chi connectivity index (χ1v) is 12.5. The maximum atomic E-state index is 11.4. The number of piperazine rings is 1. The van der Waals surface area contributed by atoms with Crippen LogP contribution in [0.4, 0.5) is 0 Å². The van der Waals surface area contributed by atoms with Crippen molar-refractivity contribution in [2.45, 2.75) is 25.8 Å². The fourth-order valence-corrected chi connectivity index (χ4v) is 4.39. The van der Waals surface area contributed by atoms with E-state index in [0.29, 0.717) is 6.54 Å². The minimum atomic E-state index is -3.01. The molecule has 6 nitrogen and oxygen atoms in total. The maximum Gasteiger partial charge on any atom is 0.194 e. The second-order valence-electron chi connectivity index (χ2n) is 7.81. The highest BCUT2D eigenvalue weighted by molar-refractivity contribution is 7.89. The quantitative estimate of drug-likeness (QED) is 0.542. The number of benzene rings is 2. The van der Waals surface area contributed by atoms with Crippen LogP contribution in [0.5, 0.6) is 0 Å². The third-order valence-electron chi connectivity index (χ3n) is 5.12. The van der Waals surface area contributed by atoms with Crippen LogP contribution in [0.1, 0.15) is 23.6 Å². The summed E-state index contributed by atoms with van der Waals surface area (Å²) in [6.07, 6.45) is 1.26. The second kappa shape index (κ2) is 10.6. The lowest BCUT2D eigenvalue weighted by atomic mass is 10.1. The average molecular weight is 429 g/mol. The molecule has 1 saturated heterocycles. The van der Waals surface area contributed by atoms with E-state index in [0.717, 1.165) is 56.4 Å². The summed E-state index contributed by atoms with van der Waals surface area (Å²) in [4.78, 5) is 9.62. The van der Waals surface area contributed by atoms with Gasteiger partial charge in [0, 0.05) is 45.5 Å². The molecule has 1 aliphatic rings. The lowest BCUT2D eigenvalue weighted by molar-refractivity contribution is 0.172. The van der Waals surface area contributed by atoms with Gasteiger partial charge in [-0.25, -0.2) is 13.4 Å². The Labute approximate surface area is 180 Å². The van der Waals surface area contributed by atoms with Crippen molar-refractivity contribution in [3.05, 3.63) is 71.3 Å². The molecule has 2 aromatic carbocycles. The molecule has 30 heavy (non-hydrogen) atoms. The van der Waals surface area contributed by atoms with Gasteiger partial charge in [-0.1, -0.05) is 54.6 Å². The van der Waals surface area contributed by atoms with Crippen LogP contribution in [0.3, 0.4) is 0 Å². The highest BCUT2D eigenvalue weighted by atomic mass is 32.2. The van der Waals surface area contributed by atoms with E-state index in [9.17, 15) is 8.42 Å². The molecule has 0 atom stereocenters. The van der Waals surface area contributed by atoms with E-state index in [1.165, 1.54) is 11.8 Å². The Bertz CT molecular complexity index is 919. The molecule has 0 aromatic heterocycles. The van der Waals surface area contributed by atoms with Crippen LogP contribution in [0.25, 0.3) is 0 Å². The minimum Gasteiger partial charge on any atom is -0.357 e. The lowest BCUT2D eigenvalue weighted by Gasteiger charge is -2.36. The molecule has 0 aliphatic carbocycles. The predicted molar refractivity (Wildman–Crippen MR) is 123 cm³/mol. The number of hydrogen-bond acceptors (Lipinski definition) is 4. The molecule has 0 bridgehead atoms. The van der Waals surface area contributed by atoms with Gasteiger partial charge in [-0.05, 0) is 23.6 Å². The number of hydrogen-bond donors (Lipinski definition) is 1. The molecular weight excluding hydrogens is 396 g/mol. The van der Waals surface area contributed by atoms with E-state index in [1.54, 1.807) is 0 Å². The zero-order valence-electron chi connectivity index (χ0n) is 17.9. The van der Waals surface area contributed by atoms with Crippen molar-refractivity contribution in [2.24, 2.45) is 4.99 Å². The Balaban J connectivity index is 1.55. The molecule has 1 N–H and O–H groups in total. The molecule has 0 spiro atoms. The zero-order valence-corrected chi connectivity index (χ0v) is 18.7. The molecule has 0 saturated carbocycles. The molecule has 1 heterocycles. The lowest BCUT2D eigenvalue weighted by Crippen LogP contribution is -2.52. The van der Waals surface area contributed by atoms with E-state index in [2.05, 4.69) is 52.4 Å². The van der Waals surface area contributed by atoms with Gasteiger partial charge >= 0.3 is 0 Å². The summed E-state index contributed by atoms with van der Waals surface area (Å²) < 4.78 is 22.9. The summed E-state index contributed by atoms with van der Waals surface area (Å²) in [6.45, 7) is 8.41. The number of nitrogens with one attached hydrogen (secondary N) is 1. The van der Waals surface area contributed by atoms with Gasteiger partial charge in [-0.2, -0.15) is 0 Å². The summed E-state index contributed by atoms with van der Waals surface area (Å²) in [6, 6.07) is 18.3. The largest absolute Gasteiger partial charge is 0.357 e. The smallest absolute Gasteiger partial charge is 0.194 e. The van der Waals surface area contributed by atoms with Gasteiger partial charge in [0.2, 0.25) is 0 Å². The molecule has 0 amide bonds. The first kappa shape index (κ1) is 22.3. The van der Waals surface area contributed by atoms with Crippen LogP contribution in [-0.4, -0.2) is 63.2 Å². The highest BCUT2D eigenvalue weighted by Crippen LogP contribution is 2.11. The Morgan fingerprint density at radius 1 is 0.933 bits per heavy atom. The standard InChI is InChI=1S/C23H32N4O2S/c1-3-24-23(25-17-20-9-11-22(12-10-20)19-30(2,28)29)27-15-13-26(14-16-27)18-21-7-5-4-6-8-21/h4-12H,3,13-19H2,1-2H3,(H,24,25). The van der Waals surface area contributed by atoms with Crippen LogP contribution < -0.4 is 5.32 Å². The number of guanidine groups is 1. The number of aliphatic imine (C=N–C) groups is 1. The van der Waals surface area contributed by atoms with Gasteiger partial charge in [0.1, 0.15) is 0 Å². The fraction of sp³-hybridized carbons (Fsp3) is 0.435. The third kappa shape index (κ3) is 7.15. The molecule has 7 heteroatoms. The van der Waals surface area contributed by atoms with Crippen molar-refractivity contribution >= 4 is 15.8 Å². The van der Waals surface area contributed by atoms with E-state index in [4.69, 9.17) is 4.99 Å². The normalized spacial score (nSPS) is 15.9. The van der Waals surface area contributed by atoms with Gasteiger partial charge in [-0.15, -0.1) is 0 Å². The van der Waals surface area contributed by atoms with E-state index >= 15 is 0 Å². The molecule has 2 aromatic rings. The van der Waals surface area contributed by atoms with Crippen molar-refractivity contribution in [1.82, 2.24) is 15.1 Å². The van der Waals surface area contributed by atoms with Crippen LogP contribution in [0.2, 0.25) is 0 Å². The number of nitrogens with zero attached hydrogens (tertiary/aromatic N) is 3. The van der Waals surface area contributed by atoms with Gasteiger partial charge in [-0.3, -0.25) is 4.90 Å². The fourth-order valence-electron chi connectivity index (χ4n) is 3.60. The SMILES string of the molecule is CCNC(=NCc1ccc(CS(C)(=O)=O)cc1)N1CCN(Cc2ccccc2)CC1. The topological polar surface area (TPSA) is 65.0 Å². The van der Waals surface area contributed by atoms with Gasteiger partial charge in [0.15, 0.2) is 15.8 Å². The first-order valence-electron chi connectivity index (χ1n) is 10.5. The Morgan fingerprint density at radius 2 is 1.57 bits per heavy atom. The summed E-state index contributed by atoms with van der Waals surface area (Å²) in [5, 5.41) is 3.41. The van der Waals surface area contributed by atoms with Crippen LogP contribution in [-0.2, 0) is 28.7 Å². The van der Waals surface area contributed by atoms with Crippen LogP contribution in [0.15, 0.2) is 59.6 Å². The molecule has 162 valence electrons. The monoisotopic (exact) mass is 428 g/mol. The average Bonchev–Trinajstić information content (AvgIpc) is 2.72. The molecular formula is C23H32N4O2S. The third-order valence-corrected chi connectivity index (χ3v) is 5.98. The summed E-state index contributed by atoms with van der Waals surface area (Å²) in [5.41, 5.74) is 3.24. The van der Waals surface area contributed by atoms with E-state index in [-0.39, 0.29) is 5.75 Å². The molecule has 1 fully saturated rings. The zero-order chi connectivity index (χ0) is 21.4. The Hall–Kier alpha value is -2.38. The molecule has 1 aliphatic heterocycles. The van der Waals surface area contributed by atoms with Crippen molar-refractivity contribution in [2.75, 3.05) is 39.0 Å². The second-order valence-corrected chi connectivity index (χ2v) is 9.95. The number of rotatable bonds is 7. The predicted octanol–water partition coefficient (Wildman–Crippen LogP) is 2.51. The van der Waals surface area contributed by atoms with Crippen LogP contribution >= 0.6 is 0 Å². The summed E-state index contributed by atoms with van der Waals surface area (Å²) in [7, 11) is -3.01. The van der Waals surface area contributed by atoms with Crippen molar-refractivity contribution in [3.8, 4) is 0 Å². The van der Waals surface area contributed by atoms with Crippen molar-refractivity contribution < 1.29 is 8.42 Å². The molecule has 3 rings (SSSR count). The minimum absolute atomic E-state index is 0.0758. The molecule has 0 unspecified atom stereocenters. The van der Waals surface area contributed by atoms with Gasteiger partial charge < -0.3 is 10.2 Å². The van der Waals surface area contributed by atoms with Crippen molar-refractivity contribution in [1.29, 1.82) is 0 Å². The van der Waals surface area contributed by atoms with Crippen molar-refractivity contribution in [3.63, 3.8) is 0 Å². The first-order chi connectivity index (χ1) is 14.4. The van der Waals surface area contributed by atoms with Gasteiger partial charge in [0.05, 0.1) is 12.3 Å². The highest BCUT2D eigenvalue weighted by Gasteiger charge is 2.19. The number of sulfone groups is 1. The Morgan fingerprint density at radius 3 is 2.17 bits per heavy atom.